The van der Waals surface area contributed by atoms with Gasteiger partial charge in [0.05, 0.1) is 5.75 Å². The molecule has 130 valence electrons. The minimum Gasteiger partial charge on any atom is -0.368 e. The van der Waals surface area contributed by atoms with Crippen LogP contribution in [-0.2, 0) is 4.79 Å². The van der Waals surface area contributed by atoms with Crippen molar-refractivity contribution in [1.82, 2.24) is 4.90 Å². The van der Waals surface area contributed by atoms with Crippen molar-refractivity contribution in [2.75, 3.05) is 36.8 Å². The molecule has 0 saturated carbocycles. The largest absolute Gasteiger partial charge is 0.368 e. The van der Waals surface area contributed by atoms with Gasteiger partial charge < -0.3 is 9.80 Å². The fraction of sp³-hybridized carbons (Fsp3) is 0.300. The Morgan fingerprint density at radius 2 is 1.56 bits per heavy atom. The fourth-order valence-corrected chi connectivity index (χ4v) is 3.70. The molecular weight excluding hydrogens is 332 g/mol. The van der Waals surface area contributed by atoms with Gasteiger partial charge in [0.25, 0.3) is 0 Å². The molecule has 0 aromatic heterocycles. The summed E-state index contributed by atoms with van der Waals surface area (Å²) in [6.45, 7) is 4.69. The number of amides is 1. The van der Waals surface area contributed by atoms with Crippen molar-refractivity contribution in [1.29, 1.82) is 0 Å². The van der Waals surface area contributed by atoms with Gasteiger partial charge in [-0.05, 0) is 43.3 Å². The summed E-state index contributed by atoms with van der Waals surface area (Å²) < 4.78 is 0. The van der Waals surface area contributed by atoms with E-state index in [0.29, 0.717) is 5.75 Å². The van der Waals surface area contributed by atoms with Gasteiger partial charge in [0.1, 0.15) is 0 Å². The van der Waals surface area contributed by atoms with E-state index in [2.05, 4.69) is 4.90 Å². The minimum atomic E-state index is 0.0814. The predicted octanol–water partition coefficient (Wildman–Crippen LogP) is 3.33. The van der Waals surface area contributed by atoms with Crippen LogP contribution in [-0.4, -0.2) is 48.5 Å². The molecule has 0 N–H and O–H groups in total. The Morgan fingerprint density at radius 1 is 0.920 bits per heavy atom. The zero-order valence-electron chi connectivity index (χ0n) is 14.4. The molecule has 4 nitrogen and oxygen atoms in total. The number of hydrogen-bond donors (Lipinski definition) is 0. The highest BCUT2D eigenvalue weighted by Crippen LogP contribution is 2.20. The van der Waals surface area contributed by atoms with Crippen LogP contribution in [0.2, 0.25) is 0 Å². The molecule has 2 aromatic rings. The maximum Gasteiger partial charge on any atom is 0.233 e. The number of benzene rings is 2. The number of ketones is 1. The summed E-state index contributed by atoms with van der Waals surface area (Å²) in [7, 11) is 0. The lowest BCUT2D eigenvalue weighted by Gasteiger charge is -2.36. The summed E-state index contributed by atoms with van der Waals surface area (Å²) >= 11 is 1.59. The average Bonchev–Trinajstić information content (AvgIpc) is 2.67. The van der Waals surface area contributed by atoms with Crippen LogP contribution in [0.15, 0.2) is 59.5 Å². The molecule has 1 saturated heterocycles. The molecule has 0 aliphatic carbocycles. The molecule has 0 atom stereocenters. The van der Waals surface area contributed by atoms with E-state index in [0.717, 1.165) is 42.3 Å². The van der Waals surface area contributed by atoms with Crippen molar-refractivity contribution in [3.05, 3.63) is 60.2 Å². The molecule has 0 spiro atoms. The average molecular weight is 354 g/mol. The number of carbonyl (C=O) groups is 2. The lowest BCUT2D eigenvalue weighted by Crippen LogP contribution is -2.49. The van der Waals surface area contributed by atoms with Crippen molar-refractivity contribution in [2.24, 2.45) is 0 Å². The summed E-state index contributed by atoms with van der Waals surface area (Å²) in [6.07, 6.45) is 0. The second-order valence-corrected chi connectivity index (χ2v) is 7.12. The van der Waals surface area contributed by atoms with Crippen LogP contribution in [0, 0.1) is 0 Å². The molecule has 5 heteroatoms. The van der Waals surface area contributed by atoms with Gasteiger partial charge in [0.15, 0.2) is 5.78 Å². The first kappa shape index (κ1) is 17.5. The molecule has 2 aromatic carbocycles. The summed E-state index contributed by atoms with van der Waals surface area (Å²) in [4.78, 5) is 29.1. The third-order valence-corrected chi connectivity index (χ3v) is 5.37. The minimum absolute atomic E-state index is 0.0814. The molecule has 1 aliphatic rings. The maximum absolute atomic E-state index is 12.4. The van der Waals surface area contributed by atoms with Crippen molar-refractivity contribution in [2.45, 2.75) is 11.8 Å². The number of rotatable bonds is 5. The smallest absolute Gasteiger partial charge is 0.233 e. The lowest BCUT2D eigenvalue weighted by molar-refractivity contribution is -0.128. The molecular formula is C20H22N2O2S. The Hall–Kier alpha value is -2.27. The SMILES string of the molecule is CC(=O)c1ccc(N2CCN(C(=O)CSc3ccccc3)CC2)cc1. The number of thioether (sulfide) groups is 1. The van der Waals surface area contributed by atoms with Gasteiger partial charge in [-0.25, -0.2) is 0 Å². The fourth-order valence-electron chi connectivity index (χ4n) is 2.87. The summed E-state index contributed by atoms with van der Waals surface area (Å²) in [6, 6.07) is 17.7. The van der Waals surface area contributed by atoms with Crippen molar-refractivity contribution < 1.29 is 9.59 Å². The number of carbonyl (C=O) groups excluding carboxylic acids is 2. The van der Waals surface area contributed by atoms with E-state index in [1.54, 1.807) is 18.7 Å². The monoisotopic (exact) mass is 354 g/mol. The van der Waals surface area contributed by atoms with Crippen molar-refractivity contribution >= 4 is 29.1 Å². The van der Waals surface area contributed by atoms with Crippen LogP contribution in [0.25, 0.3) is 0 Å². The van der Waals surface area contributed by atoms with E-state index in [1.807, 2.05) is 59.5 Å². The second-order valence-electron chi connectivity index (χ2n) is 6.07. The highest BCUT2D eigenvalue weighted by molar-refractivity contribution is 8.00. The normalized spacial score (nSPS) is 14.4. The van der Waals surface area contributed by atoms with Crippen molar-refractivity contribution in [3.63, 3.8) is 0 Å². The van der Waals surface area contributed by atoms with E-state index in [4.69, 9.17) is 0 Å². The number of nitrogens with zero attached hydrogens (tertiary/aromatic N) is 2. The summed E-state index contributed by atoms with van der Waals surface area (Å²) in [5.74, 6) is 0.760. The highest BCUT2D eigenvalue weighted by atomic mass is 32.2. The van der Waals surface area contributed by atoms with Gasteiger partial charge in [-0.1, -0.05) is 18.2 Å². The standard InChI is InChI=1S/C20H22N2O2S/c1-16(23)17-7-9-18(10-8-17)21-11-13-22(14-12-21)20(24)15-25-19-5-3-2-4-6-19/h2-10H,11-15H2,1H3. The van der Waals surface area contributed by atoms with Gasteiger partial charge >= 0.3 is 0 Å². The maximum atomic E-state index is 12.4. The highest BCUT2D eigenvalue weighted by Gasteiger charge is 2.21. The Labute approximate surface area is 152 Å². The zero-order chi connectivity index (χ0) is 17.6. The summed E-state index contributed by atoms with van der Waals surface area (Å²) in [5.41, 5.74) is 1.84. The Kier molecular flexibility index (Phi) is 5.76. The lowest BCUT2D eigenvalue weighted by atomic mass is 10.1. The van der Waals surface area contributed by atoms with Crippen LogP contribution in [0.4, 0.5) is 5.69 Å². The molecule has 3 rings (SSSR count). The van der Waals surface area contributed by atoms with Crippen LogP contribution >= 0.6 is 11.8 Å². The van der Waals surface area contributed by atoms with Gasteiger partial charge in [-0.15, -0.1) is 11.8 Å². The predicted molar refractivity (Wildman–Crippen MR) is 102 cm³/mol. The zero-order valence-corrected chi connectivity index (χ0v) is 15.2. The molecule has 25 heavy (non-hydrogen) atoms. The van der Waals surface area contributed by atoms with E-state index >= 15 is 0 Å². The number of Topliss-reactive ketones (excluding diaryl/α,β-unsaturated/α-hetero) is 1. The number of piperazine rings is 1. The van der Waals surface area contributed by atoms with Gasteiger partial charge in [0.2, 0.25) is 5.91 Å². The Bertz CT molecular complexity index is 723. The van der Waals surface area contributed by atoms with Crippen LogP contribution in [0.3, 0.4) is 0 Å². The van der Waals surface area contributed by atoms with E-state index in [-0.39, 0.29) is 11.7 Å². The first-order valence-corrected chi connectivity index (χ1v) is 9.43. The molecule has 1 aliphatic heterocycles. The van der Waals surface area contributed by atoms with E-state index in [1.165, 1.54) is 0 Å². The van der Waals surface area contributed by atoms with E-state index < -0.39 is 0 Å². The Morgan fingerprint density at radius 3 is 2.16 bits per heavy atom. The molecule has 0 unspecified atom stereocenters. The molecule has 1 heterocycles. The number of hydrogen-bond acceptors (Lipinski definition) is 4. The third-order valence-electron chi connectivity index (χ3n) is 4.38. The topological polar surface area (TPSA) is 40.6 Å². The van der Waals surface area contributed by atoms with Crippen LogP contribution < -0.4 is 4.90 Å². The van der Waals surface area contributed by atoms with Gasteiger partial charge in [-0.2, -0.15) is 0 Å². The molecule has 1 fully saturated rings. The molecule has 0 radical (unpaired) electrons. The second kappa shape index (κ2) is 8.21. The van der Waals surface area contributed by atoms with Crippen LogP contribution in [0.5, 0.6) is 0 Å². The van der Waals surface area contributed by atoms with Crippen molar-refractivity contribution in [3.8, 4) is 0 Å². The van der Waals surface area contributed by atoms with Gasteiger partial charge in [-0.3, -0.25) is 9.59 Å². The summed E-state index contributed by atoms with van der Waals surface area (Å²) in [5, 5.41) is 0. The van der Waals surface area contributed by atoms with Crippen LogP contribution in [0.1, 0.15) is 17.3 Å². The van der Waals surface area contributed by atoms with E-state index in [9.17, 15) is 9.59 Å². The Balaban J connectivity index is 1.49. The third kappa shape index (κ3) is 4.63. The van der Waals surface area contributed by atoms with Gasteiger partial charge in [0, 0.05) is 42.3 Å². The first-order chi connectivity index (χ1) is 12.1. The quantitative estimate of drug-likeness (QED) is 0.610. The molecule has 1 amide bonds. The number of anilines is 1. The molecule has 0 bridgehead atoms. The first-order valence-electron chi connectivity index (χ1n) is 8.45.